The van der Waals surface area contributed by atoms with Gasteiger partial charge < -0.3 is 10.3 Å². The van der Waals surface area contributed by atoms with Crippen molar-refractivity contribution < 1.29 is 13.2 Å². The number of nitrogens with one attached hydrogen (secondary N) is 2. The van der Waals surface area contributed by atoms with Gasteiger partial charge in [0.1, 0.15) is 5.82 Å². The van der Waals surface area contributed by atoms with Crippen LogP contribution < -0.4 is 5.32 Å². The van der Waals surface area contributed by atoms with Crippen LogP contribution in [-0.4, -0.2) is 9.97 Å². The van der Waals surface area contributed by atoms with Gasteiger partial charge in [-0.25, -0.2) is 4.98 Å². The Morgan fingerprint density at radius 1 is 0.676 bits per heavy atom. The highest BCUT2D eigenvalue weighted by Gasteiger charge is 2.30. The van der Waals surface area contributed by atoms with Gasteiger partial charge >= 0.3 is 6.18 Å². The number of aromatic nitrogens is 2. The summed E-state index contributed by atoms with van der Waals surface area (Å²) in [4.78, 5) is 7.46. The minimum atomic E-state index is -4.38. The Morgan fingerprint density at radius 2 is 1.38 bits per heavy atom. The number of fused-ring (bicyclic) bond motifs is 1. The molecular weight excluding hydrogens is 435 g/mol. The zero-order valence-corrected chi connectivity index (χ0v) is 18.2. The molecule has 0 unspecified atom stereocenters. The number of hydrogen-bond donors (Lipinski definition) is 2. The predicted octanol–water partition coefficient (Wildman–Crippen LogP) is 7.21. The van der Waals surface area contributed by atoms with Gasteiger partial charge in [-0.3, -0.25) is 0 Å². The van der Waals surface area contributed by atoms with Gasteiger partial charge in [-0.2, -0.15) is 13.2 Å². The Balaban J connectivity index is 1.31. The van der Waals surface area contributed by atoms with Gasteiger partial charge in [0.25, 0.3) is 0 Å². The molecule has 34 heavy (non-hydrogen) atoms. The topological polar surface area (TPSA) is 40.7 Å². The molecule has 0 aliphatic carbocycles. The Bertz CT molecular complexity index is 1400. The molecule has 3 nitrogen and oxygen atoms in total. The highest BCUT2D eigenvalue weighted by molar-refractivity contribution is 5.80. The smallest absolute Gasteiger partial charge is 0.338 e. The molecule has 4 aromatic carbocycles. The van der Waals surface area contributed by atoms with Crippen molar-refractivity contribution in [3.8, 4) is 22.5 Å². The van der Waals surface area contributed by atoms with Gasteiger partial charge in [0.05, 0.1) is 16.6 Å². The number of H-pyrrole nitrogens is 1. The Morgan fingerprint density at radius 3 is 2.15 bits per heavy atom. The molecule has 0 aliphatic heterocycles. The van der Waals surface area contributed by atoms with Crippen molar-refractivity contribution in [2.75, 3.05) is 0 Å². The third-order valence-electron chi connectivity index (χ3n) is 5.73. The van der Waals surface area contributed by atoms with Crippen LogP contribution in [0.1, 0.15) is 16.7 Å². The summed E-state index contributed by atoms with van der Waals surface area (Å²) in [5, 5.41) is 3.47. The van der Waals surface area contributed by atoms with Crippen LogP contribution in [0.4, 0.5) is 13.2 Å². The van der Waals surface area contributed by atoms with Crippen LogP contribution in [0.3, 0.4) is 0 Å². The second kappa shape index (κ2) is 9.15. The molecule has 0 aliphatic rings. The van der Waals surface area contributed by atoms with Crippen molar-refractivity contribution in [1.82, 2.24) is 15.3 Å². The zero-order chi connectivity index (χ0) is 23.5. The molecule has 0 atom stereocenters. The fourth-order valence-corrected chi connectivity index (χ4v) is 3.95. The molecule has 6 heteroatoms. The van der Waals surface area contributed by atoms with Crippen LogP contribution in [0.5, 0.6) is 0 Å². The number of benzene rings is 4. The summed E-state index contributed by atoms with van der Waals surface area (Å²) in [6.45, 7) is 1.57. The summed E-state index contributed by atoms with van der Waals surface area (Å²) >= 11 is 0. The van der Waals surface area contributed by atoms with Crippen LogP contribution in [0.25, 0.3) is 33.5 Å². The summed E-state index contributed by atoms with van der Waals surface area (Å²) in [7, 11) is 0. The molecular formula is C28H22F3N3. The lowest BCUT2D eigenvalue weighted by Crippen LogP contribution is -2.12. The number of hydrogen-bond acceptors (Lipinski definition) is 2. The van der Waals surface area contributed by atoms with Gasteiger partial charge in [0.15, 0.2) is 0 Å². The second-order valence-corrected chi connectivity index (χ2v) is 8.18. The lowest BCUT2D eigenvalue weighted by molar-refractivity contribution is -0.137. The third kappa shape index (κ3) is 4.87. The highest BCUT2D eigenvalue weighted by Crippen LogP contribution is 2.32. The van der Waals surface area contributed by atoms with Crippen LogP contribution in [0.15, 0.2) is 97.1 Å². The average molecular weight is 457 g/mol. The predicted molar refractivity (Wildman–Crippen MR) is 129 cm³/mol. The summed E-state index contributed by atoms with van der Waals surface area (Å²) < 4.78 is 39.0. The van der Waals surface area contributed by atoms with E-state index >= 15 is 0 Å². The molecule has 0 fully saturated rings. The zero-order valence-electron chi connectivity index (χ0n) is 18.2. The van der Waals surface area contributed by atoms with Gasteiger partial charge in [0, 0.05) is 18.7 Å². The first-order chi connectivity index (χ1) is 16.5. The van der Waals surface area contributed by atoms with E-state index in [0.717, 1.165) is 41.9 Å². The van der Waals surface area contributed by atoms with Gasteiger partial charge in [-0.1, -0.05) is 72.8 Å². The van der Waals surface area contributed by atoms with E-state index in [2.05, 4.69) is 45.6 Å². The number of aromatic amines is 1. The fraction of sp³-hybridized carbons (Fsp3) is 0.107. The van der Waals surface area contributed by atoms with Crippen LogP contribution in [0, 0.1) is 0 Å². The molecule has 0 saturated heterocycles. The van der Waals surface area contributed by atoms with E-state index in [9.17, 15) is 13.2 Å². The van der Waals surface area contributed by atoms with E-state index in [1.807, 2.05) is 48.5 Å². The molecule has 5 rings (SSSR count). The molecule has 0 spiro atoms. The Labute approximate surface area is 195 Å². The lowest BCUT2D eigenvalue weighted by atomic mass is 10.0. The molecule has 0 bridgehead atoms. The lowest BCUT2D eigenvalue weighted by Gasteiger charge is -2.08. The molecule has 1 heterocycles. The highest BCUT2D eigenvalue weighted by atomic mass is 19.4. The first-order valence-electron chi connectivity index (χ1n) is 11.0. The number of rotatable bonds is 6. The monoisotopic (exact) mass is 457 g/mol. The first kappa shape index (κ1) is 21.9. The van der Waals surface area contributed by atoms with Crippen molar-refractivity contribution in [3.63, 3.8) is 0 Å². The number of halogens is 3. The van der Waals surface area contributed by atoms with E-state index in [4.69, 9.17) is 0 Å². The van der Waals surface area contributed by atoms with Crippen LogP contribution >= 0.6 is 0 Å². The van der Waals surface area contributed by atoms with E-state index < -0.39 is 11.7 Å². The standard InChI is InChI=1S/C28H22F3N3/c29-28(30,31)24-13-14-25-26(16-24)34-27(33-25)22-11-9-21(10-12-22)23-8-4-7-20(15-23)18-32-17-19-5-2-1-3-6-19/h1-16,32H,17-18H2,(H,33,34). The molecule has 0 radical (unpaired) electrons. The Kier molecular flexibility index (Phi) is 5.90. The second-order valence-electron chi connectivity index (χ2n) is 8.18. The van der Waals surface area contributed by atoms with Gasteiger partial charge in [0.2, 0.25) is 0 Å². The normalized spacial score (nSPS) is 11.7. The van der Waals surface area contributed by atoms with E-state index in [1.54, 1.807) is 0 Å². The van der Waals surface area contributed by atoms with Crippen molar-refractivity contribution in [3.05, 3.63) is 114 Å². The maximum atomic E-state index is 13.0. The molecule has 0 saturated carbocycles. The van der Waals surface area contributed by atoms with E-state index in [1.165, 1.54) is 17.2 Å². The van der Waals surface area contributed by atoms with Crippen LogP contribution in [-0.2, 0) is 19.3 Å². The van der Waals surface area contributed by atoms with Gasteiger partial charge in [-0.05, 0) is 46.5 Å². The number of imidazole rings is 1. The molecule has 0 amide bonds. The van der Waals surface area contributed by atoms with Crippen LogP contribution in [0.2, 0.25) is 0 Å². The van der Waals surface area contributed by atoms with Gasteiger partial charge in [-0.15, -0.1) is 0 Å². The molecule has 1 aromatic heterocycles. The summed E-state index contributed by atoms with van der Waals surface area (Å²) in [6.07, 6.45) is -4.38. The maximum Gasteiger partial charge on any atom is 0.416 e. The SMILES string of the molecule is FC(F)(F)c1ccc2nc(-c3ccc(-c4cccc(CNCc5ccccc5)c4)cc3)[nH]c2c1. The summed E-state index contributed by atoms with van der Waals surface area (Å²) in [5.41, 5.74) is 5.59. The van der Waals surface area contributed by atoms with E-state index in [0.29, 0.717) is 16.9 Å². The van der Waals surface area contributed by atoms with Crippen molar-refractivity contribution >= 4 is 11.0 Å². The molecule has 170 valence electrons. The van der Waals surface area contributed by atoms with Crippen molar-refractivity contribution in [2.24, 2.45) is 0 Å². The minimum Gasteiger partial charge on any atom is -0.338 e. The number of alkyl halides is 3. The van der Waals surface area contributed by atoms with Crippen molar-refractivity contribution in [2.45, 2.75) is 19.3 Å². The number of nitrogens with zero attached hydrogens (tertiary/aromatic N) is 1. The summed E-state index contributed by atoms with van der Waals surface area (Å²) in [5.74, 6) is 0.541. The first-order valence-corrected chi connectivity index (χ1v) is 11.0. The average Bonchev–Trinajstić information content (AvgIpc) is 3.28. The maximum absolute atomic E-state index is 13.0. The van der Waals surface area contributed by atoms with Crippen molar-refractivity contribution in [1.29, 1.82) is 0 Å². The molecule has 2 N–H and O–H groups in total. The Hall–Kier alpha value is -3.90. The van der Waals surface area contributed by atoms with E-state index in [-0.39, 0.29) is 0 Å². The summed E-state index contributed by atoms with van der Waals surface area (Å²) in [6, 6.07) is 30.0. The minimum absolute atomic E-state index is 0.365. The molecule has 5 aromatic rings. The fourth-order valence-electron chi connectivity index (χ4n) is 3.95. The largest absolute Gasteiger partial charge is 0.416 e. The quantitative estimate of drug-likeness (QED) is 0.283. The third-order valence-corrected chi connectivity index (χ3v) is 5.73.